The summed E-state index contributed by atoms with van der Waals surface area (Å²) in [4.78, 5) is 34.2. The van der Waals surface area contributed by atoms with Crippen LogP contribution in [-0.2, 0) is 11.3 Å². The molecule has 0 N–H and O–H groups in total. The number of unbranched alkanes of at least 4 members (excludes halogenated alkanes) is 1. The Morgan fingerprint density at radius 1 is 1.12 bits per heavy atom. The van der Waals surface area contributed by atoms with Crippen LogP contribution in [0.2, 0.25) is 0 Å². The van der Waals surface area contributed by atoms with Gasteiger partial charge in [0.25, 0.3) is 5.56 Å². The van der Waals surface area contributed by atoms with E-state index in [0.29, 0.717) is 19.6 Å². The van der Waals surface area contributed by atoms with Gasteiger partial charge in [-0.2, -0.15) is 0 Å². The van der Waals surface area contributed by atoms with E-state index in [1.165, 1.54) is 16.9 Å². The predicted molar refractivity (Wildman–Crippen MR) is 126 cm³/mol. The van der Waals surface area contributed by atoms with Crippen molar-refractivity contribution in [2.24, 2.45) is 0 Å². The highest BCUT2D eigenvalue weighted by atomic mass is 32.1. The summed E-state index contributed by atoms with van der Waals surface area (Å²) >= 11 is 1.46. The number of benzene rings is 1. The largest absolute Gasteiger partial charge is 0.493 e. The number of hydrogen-bond donors (Lipinski definition) is 0. The predicted octanol–water partition coefficient (Wildman–Crippen LogP) is 3.27. The number of thiazole rings is 1. The van der Waals surface area contributed by atoms with E-state index in [-0.39, 0.29) is 11.5 Å². The van der Waals surface area contributed by atoms with Crippen LogP contribution >= 0.6 is 11.3 Å². The van der Waals surface area contributed by atoms with Crippen LogP contribution in [0.3, 0.4) is 0 Å². The first-order valence-electron chi connectivity index (χ1n) is 11.2. The first-order valence-corrected chi connectivity index (χ1v) is 12.0. The van der Waals surface area contributed by atoms with E-state index in [2.05, 4.69) is 35.0 Å². The molecule has 0 aliphatic carbocycles. The lowest BCUT2D eigenvalue weighted by Crippen LogP contribution is -2.48. The molecule has 0 bridgehead atoms. The van der Waals surface area contributed by atoms with E-state index in [1.807, 2.05) is 17.2 Å². The van der Waals surface area contributed by atoms with Crippen LogP contribution in [0.5, 0.6) is 5.75 Å². The number of aromatic nitrogens is 2. The second-order valence-corrected chi connectivity index (χ2v) is 9.25. The van der Waals surface area contributed by atoms with Crippen molar-refractivity contribution in [3.8, 4) is 5.75 Å². The summed E-state index contributed by atoms with van der Waals surface area (Å²) < 4.78 is 7.45. The van der Waals surface area contributed by atoms with Gasteiger partial charge in [-0.15, -0.1) is 11.3 Å². The van der Waals surface area contributed by atoms with Crippen molar-refractivity contribution in [2.75, 3.05) is 32.8 Å². The summed E-state index contributed by atoms with van der Waals surface area (Å²) in [6.07, 6.45) is 4.01. The number of hydrogen-bond acceptors (Lipinski definition) is 6. The number of carbonyl (C=O) groups is 1. The summed E-state index contributed by atoms with van der Waals surface area (Å²) in [5, 5.41) is 1.87. The topological polar surface area (TPSA) is 67.2 Å². The van der Waals surface area contributed by atoms with Gasteiger partial charge >= 0.3 is 0 Å². The molecule has 7 nitrogen and oxygen atoms in total. The Hall–Kier alpha value is -2.71. The Bertz CT molecular complexity index is 1130. The van der Waals surface area contributed by atoms with Crippen LogP contribution in [0.25, 0.3) is 4.96 Å². The first-order chi connectivity index (χ1) is 15.5. The zero-order valence-electron chi connectivity index (χ0n) is 18.7. The van der Waals surface area contributed by atoms with Gasteiger partial charge in [-0.05, 0) is 43.9 Å². The van der Waals surface area contributed by atoms with E-state index in [9.17, 15) is 9.59 Å². The zero-order chi connectivity index (χ0) is 22.5. The van der Waals surface area contributed by atoms with Gasteiger partial charge in [0.15, 0.2) is 4.96 Å². The lowest BCUT2D eigenvalue weighted by Gasteiger charge is -2.34. The van der Waals surface area contributed by atoms with E-state index in [4.69, 9.17) is 4.74 Å². The molecule has 0 saturated carbocycles. The van der Waals surface area contributed by atoms with Crippen LogP contribution in [-0.4, -0.2) is 57.9 Å². The van der Waals surface area contributed by atoms with E-state index >= 15 is 0 Å². The number of ether oxygens (including phenoxy) is 1. The van der Waals surface area contributed by atoms with Gasteiger partial charge in [0.1, 0.15) is 5.75 Å². The molecule has 3 heterocycles. The molecule has 0 spiro atoms. The standard InChI is InChI=1S/C24H30N4O3S/c1-18-6-7-19(2)21(15-18)31-13-4-3-5-22(29)27-10-8-26(9-11-27)17-20-16-23(30)28-12-14-32-24(28)25-20/h6-7,12,14-16H,3-5,8-11,13,17H2,1-2H3. The van der Waals surface area contributed by atoms with Crippen molar-refractivity contribution in [3.05, 3.63) is 63.0 Å². The summed E-state index contributed by atoms with van der Waals surface area (Å²) in [7, 11) is 0. The number of aryl methyl sites for hydroxylation is 2. The minimum absolute atomic E-state index is 0.0402. The van der Waals surface area contributed by atoms with Crippen LogP contribution in [0.4, 0.5) is 0 Å². The van der Waals surface area contributed by atoms with Gasteiger partial charge in [0.05, 0.1) is 12.3 Å². The second kappa shape index (κ2) is 10.3. The highest BCUT2D eigenvalue weighted by molar-refractivity contribution is 7.15. The Kier molecular flexibility index (Phi) is 7.22. The molecule has 1 aliphatic heterocycles. The van der Waals surface area contributed by atoms with Crippen LogP contribution in [0, 0.1) is 13.8 Å². The van der Waals surface area contributed by atoms with Crippen LogP contribution in [0.15, 0.2) is 40.6 Å². The summed E-state index contributed by atoms with van der Waals surface area (Å²) in [6.45, 7) is 8.42. The number of fused-ring (bicyclic) bond motifs is 1. The molecule has 32 heavy (non-hydrogen) atoms. The fourth-order valence-corrected chi connectivity index (χ4v) is 4.67. The second-order valence-electron chi connectivity index (χ2n) is 8.37. The molecule has 1 amide bonds. The fourth-order valence-electron chi connectivity index (χ4n) is 3.93. The molecular formula is C24H30N4O3S. The molecular weight excluding hydrogens is 424 g/mol. The van der Waals surface area contributed by atoms with Gasteiger partial charge in [0.2, 0.25) is 5.91 Å². The molecule has 1 aliphatic rings. The third-order valence-electron chi connectivity index (χ3n) is 5.85. The molecule has 170 valence electrons. The molecule has 3 aromatic rings. The van der Waals surface area contributed by atoms with Gasteiger partial charge in [-0.3, -0.25) is 18.9 Å². The summed E-state index contributed by atoms with van der Waals surface area (Å²) in [5.41, 5.74) is 3.08. The average Bonchev–Trinajstić information content (AvgIpc) is 3.25. The number of amides is 1. The van der Waals surface area contributed by atoms with Crippen molar-refractivity contribution in [1.29, 1.82) is 0 Å². The highest BCUT2D eigenvalue weighted by Gasteiger charge is 2.21. The molecule has 8 heteroatoms. The Morgan fingerprint density at radius 3 is 2.75 bits per heavy atom. The third kappa shape index (κ3) is 5.55. The van der Waals surface area contributed by atoms with Crippen molar-refractivity contribution >= 4 is 22.2 Å². The minimum Gasteiger partial charge on any atom is -0.493 e. The van der Waals surface area contributed by atoms with E-state index < -0.39 is 0 Å². The zero-order valence-corrected chi connectivity index (χ0v) is 19.6. The molecule has 1 fully saturated rings. The van der Waals surface area contributed by atoms with Crippen LogP contribution in [0.1, 0.15) is 36.1 Å². The Morgan fingerprint density at radius 2 is 1.94 bits per heavy atom. The number of nitrogens with zero attached hydrogens (tertiary/aromatic N) is 4. The number of carbonyl (C=O) groups excluding carboxylic acids is 1. The molecule has 0 radical (unpaired) electrons. The lowest BCUT2D eigenvalue weighted by molar-refractivity contribution is -0.133. The molecule has 1 saturated heterocycles. The number of piperazine rings is 1. The van der Waals surface area contributed by atoms with Crippen molar-refractivity contribution in [1.82, 2.24) is 19.2 Å². The smallest absolute Gasteiger partial charge is 0.258 e. The number of rotatable bonds is 8. The Balaban J connectivity index is 1.16. The van der Waals surface area contributed by atoms with E-state index in [0.717, 1.165) is 61.0 Å². The average molecular weight is 455 g/mol. The maximum atomic E-state index is 12.6. The van der Waals surface area contributed by atoms with Crippen molar-refractivity contribution in [2.45, 2.75) is 39.7 Å². The third-order valence-corrected chi connectivity index (χ3v) is 6.61. The van der Waals surface area contributed by atoms with Gasteiger partial charge < -0.3 is 9.64 Å². The van der Waals surface area contributed by atoms with Gasteiger partial charge in [0, 0.05) is 56.8 Å². The maximum absolute atomic E-state index is 12.6. The summed E-state index contributed by atoms with van der Waals surface area (Å²) in [5.74, 6) is 1.15. The quantitative estimate of drug-likeness (QED) is 0.489. The van der Waals surface area contributed by atoms with E-state index in [1.54, 1.807) is 16.7 Å². The highest BCUT2D eigenvalue weighted by Crippen LogP contribution is 2.19. The summed E-state index contributed by atoms with van der Waals surface area (Å²) in [6, 6.07) is 7.82. The molecule has 0 unspecified atom stereocenters. The monoisotopic (exact) mass is 454 g/mol. The first kappa shape index (κ1) is 22.5. The van der Waals surface area contributed by atoms with Crippen LogP contribution < -0.4 is 10.3 Å². The Labute approximate surface area is 192 Å². The maximum Gasteiger partial charge on any atom is 0.258 e. The molecule has 0 atom stereocenters. The lowest BCUT2D eigenvalue weighted by atomic mass is 10.1. The molecule has 1 aromatic carbocycles. The van der Waals surface area contributed by atoms with Gasteiger partial charge in [-0.25, -0.2) is 4.98 Å². The normalized spacial score (nSPS) is 14.8. The fraction of sp³-hybridized carbons (Fsp3) is 0.458. The molecule has 4 rings (SSSR count). The van der Waals surface area contributed by atoms with Crippen molar-refractivity contribution < 1.29 is 9.53 Å². The van der Waals surface area contributed by atoms with Crippen molar-refractivity contribution in [3.63, 3.8) is 0 Å². The minimum atomic E-state index is -0.0402. The molecule has 2 aromatic heterocycles. The van der Waals surface area contributed by atoms with Gasteiger partial charge in [-0.1, -0.05) is 12.1 Å². The SMILES string of the molecule is Cc1ccc(C)c(OCCCCC(=O)N2CCN(Cc3cc(=O)n4ccsc4n3)CC2)c1.